The Hall–Kier alpha value is -1.06. The van der Waals surface area contributed by atoms with Gasteiger partial charge < -0.3 is 9.64 Å². The van der Waals surface area contributed by atoms with Crippen molar-refractivity contribution in [1.29, 1.82) is 0 Å². The highest BCUT2D eigenvalue weighted by molar-refractivity contribution is 5.87. The van der Waals surface area contributed by atoms with E-state index < -0.39 is 0 Å². The van der Waals surface area contributed by atoms with Crippen LogP contribution in [0.15, 0.2) is 0 Å². The second-order valence-electron chi connectivity index (χ2n) is 3.61. The van der Waals surface area contributed by atoms with Gasteiger partial charge in [0.1, 0.15) is 6.04 Å². The molecule has 0 N–H and O–H groups in total. The lowest BCUT2D eigenvalue weighted by atomic mass is 10.1. The van der Waals surface area contributed by atoms with Crippen molar-refractivity contribution in [2.75, 3.05) is 7.11 Å². The number of amides is 1. The first-order valence-electron chi connectivity index (χ1n) is 4.63. The number of rotatable bonds is 1. The Morgan fingerprint density at radius 1 is 1.46 bits per heavy atom. The molecule has 0 unspecified atom stereocenters. The van der Waals surface area contributed by atoms with Crippen molar-refractivity contribution < 1.29 is 14.3 Å². The maximum Gasteiger partial charge on any atom is 0.328 e. The first kappa shape index (κ1) is 8.53. The van der Waals surface area contributed by atoms with E-state index in [0.717, 1.165) is 19.3 Å². The van der Waals surface area contributed by atoms with Gasteiger partial charge in [0.2, 0.25) is 5.91 Å². The molecule has 0 aromatic rings. The quantitative estimate of drug-likeness (QED) is 0.550. The monoisotopic (exact) mass is 183 g/mol. The van der Waals surface area contributed by atoms with Gasteiger partial charge in [0, 0.05) is 12.5 Å². The van der Waals surface area contributed by atoms with Gasteiger partial charge in [0.15, 0.2) is 0 Å². The molecule has 2 rings (SSSR count). The van der Waals surface area contributed by atoms with Crippen molar-refractivity contribution in [3.05, 3.63) is 0 Å². The van der Waals surface area contributed by atoms with Gasteiger partial charge in [-0.05, 0) is 19.3 Å². The molecule has 2 heterocycles. The zero-order valence-corrected chi connectivity index (χ0v) is 7.66. The van der Waals surface area contributed by atoms with E-state index >= 15 is 0 Å². The molecular weight excluding hydrogens is 170 g/mol. The van der Waals surface area contributed by atoms with Crippen molar-refractivity contribution in [2.24, 2.45) is 0 Å². The number of esters is 1. The van der Waals surface area contributed by atoms with E-state index in [1.54, 1.807) is 4.90 Å². The van der Waals surface area contributed by atoms with E-state index in [2.05, 4.69) is 4.74 Å². The Morgan fingerprint density at radius 2 is 2.23 bits per heavy atom. The number of fused-ring (bicyclic) bond motifs is 1. The number of ether oxygens (including phenoxy) is 1. The molecule has 2 saturated heterocycles. The van der Waals surface area contributed by atoms with Gasteiger partial charge in [-0.25, -0.2) is 4.79 Å². The molecule has 0 spiro atoms. The Balaban J connectivity index is 2.14. The molecule has 0 saturated carbocycles. The minimum atomic E-state index is -0.301. The van der Waals surface area contributed by atoms with Gasteiger partial charge in [-0.2, -0.15) is 0 Å². The van der Waals surface area contributed by atoms with Crippen LogP contribution in [0.5, 0.6) is 0 Å². The second-order valence-corrected chi connectivity index (χ2v) is 3.61. The van der Waals surface area contributed by atoms with E-state index in [1.807, 2.05) is 0 Å². The molecule has 0 aromatic heterocycles. The fraction of sp³-hybridized carbons (Fsp3) is 0.778. The lowest BCUT2D eigenvalue weighted by Crippen LogP contribution is -2.40. The van der Waals surface area contributed by atoms with Gasteiger partial charge in [0.25, 0.3) is 0 Å². The standard InChI is InChI=1S/C9H13NO3/c1-13-9(12)7-4-2-6-3-5-8(11)10(6)7/h6-7H,2-5H2,1H3/t6-,7-/m1/s1. The number of hydrogen-bond acceptors (Lipinski definition) is 3. The van der Waals surface area contributed by atoms with Crippen molar-refractivity contribution in [2.45, 2.75) is 37.8 Å². The molecule has 0 aliphatic carbocycles. The fourth-order valence-corrected chi connectivity index (χ4v) is 2.33. The lowest BCUT2D eigenvalue weighted by Gasteiger charge is -2.21. The van der Waals surface area contributed by atoms with Gasteiger partial charge in [-0.15, -0.1) is 0 Å². The van der Waals surface area contributed by atoms with E-state index in [9.17, 15) is 9.59 Å². The normalized spacial score (nSPS) is 32.1. The van der Waals surface area contributed by atoms with Gasteiger partial charge in [-0.1, -0.05) is 0 Å². The van der Waals surface area contributed by atoms with Crippen LogP contribution in [0.25, 0.3) is 0 Å². The van der Waals surface area contributed by atoms with Crippen LogP contribution in [0.3, 0.4) is 0 Å². The van der Waals surface area contributed by atoms with Crippen molar-refractivity contribution in [1.82, 2.24) is 4.90 Å². The first-order valence-corrected chi connectivity index (χ1v) is 4.63. The summed E-state index contributed by atoms with van der Waals surface area (Å²) in [5, 5.41) is 0. The third-order valence-electron chi connectivity index (χ3n) is 2.96. The van der Waals surface area contributed by atoms with E-state index in [-0.39, 0.29) is 17.9 Å². The third-order valence-corrected chi connectivity index (χ3v) is 2.96. The van der Waals surface area contributed by atoms with E-state index in [0.29, 0.717) is 12.5 Å². The minimum absolute atomic E-state index is 0.109. The largest absolute Gasteiger partial charge is 0.467 e. The molecule has 2 atom stereocenters. The van der Waals surface area contributed by atoms with Crippen LogP contribution < -0.4 is 0 Å². The van der Waals surface area contributed by atoms with Crippen molar-refractivity contribution in [3.63, 3.8) is 0 Å². The summed E-state index contributed by atoms with van der Waals surface area (Å²) < 4.78 is 4.66. The van der Waals surface area contributed by atoms with Gasteiger partial charge in [-0.3, -0.25) is 4.79 Å². The number of nitrogens with zero attached hydrogens (tertiary/aromatic N) is 1. The summed E-state index contributed by atoms with van der Waals surface area (Å²) in [6.07, 6.45) is 3.22. The molecule has 4 nitrogen and oxygen atoms in total. The average molecular weight is 183 g/mol. The smallest absolute Gasteiger partial charge is 0.328 e. The molecule has 13 heavy (non-hydrogen) atoms. The SMILES string of the molecule is COC(=O)[C@H]1CC[C@@H]2CCC(=O)N21. The summed E-state index contributed by atoms with van der Waals surface area (Å²) in [5.74, 6) is -0.157. The minimum Gasteiger partial charge on any atom is -0.467 e. The van der Waals surface area contributed by atoms with E-state index in [1.165, 1.54) is 7.11 Å². The second kappa shape index (κ2) is 3.01. The third kappa shape index (κ3) is 1.20. The molecule has 2 fully saturated rings. The highest BCUT2D eigenvalue weighted by atomic mass is 16.5. The zero-order valence-electron chi connectivity index (χ0n) is 7.66. The summed E-state index contributed by atoms with van der Waals surface area (Å²) in [4.78, 5) is 24.4. The summed E-state index contributed by atoms with van der Waals surface area (Å²) in [6.45, 7) is 0. The summed E-state index contributed by atoms with van der Waals surface area (Å²) in [6, 6.07) is 0.00148. The maximum atomic E-state index is 11.4. The Morgan fingerprint density at radius 3 is 2.92 bits per heavy atom. The predicted octanol–water partition coefficient (Wildman–Crippen LogP) is 0.313. The van der Waals surface area contributed by atoms with Crippen LogP contribution in [0, 0.1) is 0 Å². The molecule has 72 valence electrons. The number of methoxy groups -OCH3 is 1. The number of carbonyl (C=O) groups excluding carboxylic acids is 2. The number of hydrogen-bond donors (Lipinski definition) is 0. The molecular formula is C9H13NO3. The molecule has 2 aliphatic heterocycles. The lowest BCUT2D eigenvalue weighted by molar-refractivity contribution is -0.150. The summed E-state index contributed by atoms with van der Waals surface area (Å²) >= 11 is 0. The maximum absolute atomic E-state index is 11.4. The van der Waals surface area contributed by atoms with Crippen molar-refractivity contribution in [3.8, 4) is 0 Å². The first-order chi connectivity index (χ1) is 6.24. The average Bonchev–Trinajstić information content (AvgIpc) is 2.68. The van der Waals surface area contributed by atoms with Crippen LogP contribution in [0.1, 0.15) is 25.7 Å². The van der Waals surface area contributed by atoms with Gasteiger partial charge >= 0.3 is 5.97 Å². The van der Waals surface area contributed by atoms with Crippen LogP contribution in [-0.2, 0) is 14.3 Å². The summed E-state index contributed by atoms with van der Waals surface area (Å²) in [7, 11) is 1.37. The summed E-state index contributed by atoms with van der Waals surface area (Å²) in [5.41, 5.74) is 0. The van der Waals surface area contributed by atoms with Crippen LogP contribution in [0.4, 0.5) is 0 Å². The Kier molecular flexibility index (Phi) is 1.98. The Bertz CT molecular complexity index is 251. The highest BCUT2D eigenvalue weighted by Gasteiger charge is 2.44. The van der Waals surface area contributed by atoms with Crippen molar-refractivity contribution >= 4 is 11.9 Å². The van der Waals surface area contributed by atoms with Crippen LogP contribution in [-0.4, -0.2) is 36.0 Å². The van der Waals surface area contributed by atoms with Gasteiger partial charge in [0.05, 0.1) is 7.11 Å². The molecule has 0 aromatic carbocycles. The Labute approximate surface area is 76.8 Å². The topological polar surface area (TPSA) is 46.6 Å². The highest BCUT2D eigenvalue weighted by Crippen LogP contribution is 2.33. The van der Waals surface area contributed by atoms with Crippen LogP contribution >= 0.6 is 0 Å². The fourth-order valence-electron chi connectivity index (χ4n) is 2.33. The number of carbonyl (C=O) groups is 2. The predicted molar refractivity (Wildman–Crippen MR) is 44.9 cm³/mol. The molecule has 2 aliphatic rings. The molecule has 4 heteroatoms. The van der Waals surface area contributed by atoms with Crippen LogP contribution in [0.2, 0.25) is 0 Å². The zero-order chi connectivity index (χ0) is 9.42. The molecule has 0 radical (unpaired) electrons. The molecule has 1 amide bonds. The van der Waals surface area contributed by atoms with E-state index in [4.69, 9.17) is 0 Å². The molecule has 0 bridgehead atoms.